The summed E-state index contributed by atoms with van der Waals surface area (Å²) in [5, 5.41) is 9.50. The Bertz CT molecular complexity index is 5490. The number of rotatable bonds is 10. The lowest BCUT2D eigenvalue weighted by molar-refractivity contribution is 0.731. The fourth-order valence-corrected chi connectivity index (χ4v) is 17.4. The Balaban J connectivity index is 0.988. The van der Waals surface area contributed by atoms with Crippen LogP contribution in [0.15, 0.2) is 388 Å². The van der Waals surface area contributed by atoms with E-state index in [1.807, 2.05) is 0 Å². The molecule has 2 aliphatic heterocycles. The maximum absolute atomic E-state index is 2.57. The molecule has 2 aliphatic rings. The molecule has 0 saturated carbocycles. The minimum atomic E-state index is -0.714. The first kappa shape index (κ1) is 56.9. The summed E-state index contributed by atoms with van der Waals surface area (Å²) in [6, 6.07) is 145. The van der Waals surface area contributed by atoms with E-state index < -0.39 is 10.8 Å². The fraction of sp³-hybridized carbons (Fsp3) is 0.0208. The van der Waals surface area contributed by atoms with Crippen LogP contribution in [-0.2, 0) is 10.8 Å². The number of benzene rings is 17. The zero-order valence-corrected chi connectivity index (χ0v) is 53.8. The van der Waals surface area contributed by atoms with Gasteiger partial charge in [-0.25, -0.2) is 0 Å². The van der Waals surface area contributed by atoms with Crippen molar-refractivity contribution in [2.24, 2.45) is 0 Å². The van der Waals surface area contributed by atoms with Crippen LogP contribution in [0.5, 0.6) is 0 Å². The van der Waals surface area contributed by atoms with Crippen LogP contribution in [0.25, 0.3) is 87.6 Å². The van der Waals surface area contributed by atoms with E-state index in [0.29, 0.717) is 0 Å². The molecule has 0 saturated heterocycles. The third-order valence-electron chi connectivity index (χ3n) is 21.1. The predicted molar refractivity (Wildman–Crippen MR) is 411 cm³/mol. The molecule has 19 rings (SSSR count). The lowest BCUT2D eigenvalue weighted by Gasteiger charge is -2.47. The van der Waals surface area contributed by atoms with Crippen LogP contribution in [0, 0.1) is 0 Å². The zero-order chi connectivity index (χ0) is 64.7. The van der Waals surface area contributed by atoms with Crippen LogP contribution >= 0.6 is 0 Å². The lowest BCUT2D eigenvalue weighted by Crippen LogP contribution is -2.38. The summed E-state index contributed by atoms with van der Waals surface area (Å²) in [5.41, 5.74) is 24.4. The zero-order valence-electron chi connectivity index (χ0n) is 53.8. The van der Waals surface area contributed by atoms with Crippen molar-refractivity contribution in [2.45, 2.75) is 10.8 Å². The standard InChI is InChI=1S/C96H64N2/c1-8-34-65(35-9-1)90-74-48-22-24-50-76(74)91(77-51-25-23-49-75(77)90)92-78-54-30-52-72(80-56-32-60-86-93(80)97(70-44-18-6-19-45-70)88-62-28-26-58-84(88)95(86,66-36-10-2-11-37-66)67-38-12-3-13-39-67)82(78)64-83-73(53-31-55-79(83)92)81-57-33-61-87-94(81)98(71-46-20-7-21-47-71)89-63-29-27-59-85(89)96(87,68-40-14-4-15-41-68)69-42-16-5-17-43-69/h1-64H. The summed E-state index contributed by atoms with van der Waals surface area (Å²) in [6.07, 6.45) is 0. The smallest absolute Gasteiger partial charge is 0.0742 e. The first-order valence-corrected chi connectivity index (χ1v) is 34.1. The second-order valence-electron chi connectivity index (χ2n) is 26.0. The van der Waals surface area contributed by atoms with E-state index in [-0.39, 0.29) is 0 Å². The Morgan fingerprint density at radius 1 is 0.184 bits per heavy atom. The molecule has 0 aliphatic carbocycles. The van der Waals surface area contributed by atoms with Gasteiger partial charge in [0.25, 0.3) is 0 Å². The Hall–Kier alpha value is -12.6. The summed E-state index contributed by atoms with van der Waals surface area (Å²) in [6.45, 7) is 0. The first-order chi connectivity index (χ1) is 48.7. The molecule has 0 fully saturated rings. The van der Waals surface area contributed by atoms with Crippen LogP contribution in [0.1, 0.15) is 44.5 Å². The monoisotopic (exact) mass is 1240 g/mol. The van der Waals surface area contributed by atoms with E-state index in [9.17, 15) is 0 Å². The predicted octanol–water partition coefficient (Wildman–Crippen LogP) is 25.3. The molecule has 0 N–H and O–H groups in total. The van der Waals surface area contributed by atoms with Gasteiger partial charge in [-0.3, -0.25) is 0 Å². The number of nitrogens with zero attached hydrogens (tertiary/aromatic N) is 2. The molecule has 98 heavy (non-hydrogen) atoms. The van der Waals surface area contributed by atoms with Gasteiger partial charge in [-0.2, -0.15) is 0 Å². The van der Waals surface area contributed by atoms with E-state index in [0.717, 1.165) is 67.2 Å². The minimum absolute atomic E-state index is 0.714. The molecule has 0 aromatic heterocycles. The number of fused-ring (bicyclic) bond motifs is 8. The van der Waals surface area contributed by atoms with Gasteiger partial charge in [-0.15, -0.1) is 0 Å². The van der Waals surface area contributed by atoms with E-state index in [2.05, 4.69) is 398 Å². The summed E-state index contributed by atoms with van der Waals surface area (Å²) in [7, 11) is 0. The van der Waals surface area contributed by atoms with Crippen molar-refractivity contribution >= 4 is 77.2 Å². The number of para-hydroxylation sites is 6. The van der Waals surface area contributed by atoms with Crippen LogP contribution in [0.3, 0.4) is 0 Å². The third-order valence-corrected chi connectivity index (χ3v) is 21.1. The molecule has 2 nitrogen and oxygen atoms in total. The second-order valence-corrected chi connectivity index (χ2v) is 26.0. The maximum atomic E-state index is 2.57. The largest absolute Gasteiger partial charge is 0.309 e. The maximum Gasteiger partial charge on any atom is 0.0742 e. The van der Waals surface area contributed by atoms with Crippen LogP contribution in [0.2, 0.25) is 0 Å². The van der Waals surface area contributed by atoms with Gasteiger partial charge in [0.1, 0.15) is 0 Å². The van der Waals surface area contributed by atoms with Crippen LogP contribution in [-0.4, -0.2) is 0 Å². The van der Waals surface area contributed by atoms with Gasteiger partial charge in [0.2, 0.25) is 0 Å². The van der Waals surface area contributed by atoms with Crippen LogP contribution < -0.4 is 9.80 Å². The molecule has 0 unspecified atom stereocenters. The Morgan fingerprint density at radius 2 is 0.449 bits per heavy atom. The quantitative estimate of drug-likeness (QED) is 0.126. The van der Waals surface area contributed by atoms with Crippen molar-refractivity contribution < 1.29 is 0 Å². The second kappa shape index (κ2) is 23.1. The molecule has 0 bridgehead atoms. The van der Waals surface area contributed by atoms with E-state index in [4.69, 9.17) is 0 Å². The molecule has 17 aromatic carbocycles. The van der Waals surface area contributed by atoms with Crippen molar-refractivity contribution in [3.63, 3.8) is 0 Å². The Morgan fingerprint density at radius 3 is 0.827 bits per heavy atom. The summed E-state index contributed by atoms with van der Waals surface area (Å²) < 4.78 is 0. The average molecular weight is 1250 g/mol. The molecule has 17 aromatic rings. The molecule has 2 heterocycles. The summed E-state index contributed by atoms with van der Waals surface area (Å²) >= 11 is 0. The van der Waals surface area contributed by atoms with Crippen molar-refractivity contribution in [1.82, 2.24) is 0 Å². The highest BCUT2D eigenvalue weighted by atomic mass is 15.2. The van der Waals surface area contributed by atoms with Gasteiger partial charge in [0, 0.05) is 22.5 Å². The van der Waals surface area contributed by atoms with Crippen molar-refractivity contribution in [2.75, 3.05) is 9.80 Å². The summed E-state index contributed by atoms with van der Waals surface area (Å²) in [5.74, 6) is 0. The number of hydrogen-bond acceptors (Lipinski definition) is 2. The van der Waals surface area contributed by atoms with E-state index >= 15 is 0 Å². The molecule has 458 valence electrons. The topological polar surface area (TPSA) is 6.48 Å². The van der Waals surface area contributed by atoms with Crippen molar-refractivity contribution in [3.05, 3.63) is 433 Å². The highest BCUT2D eigenvalue weighted by Crippen LogP contribution is 2.63. The van der Waals surface area contributed by atoms with Gasteiger partial charge in [0.15, 0.2) is 0 Å². The normalized spacial score (nSPS) is 13.4. The van der Waals surface area contributed by atoms with Gasteiger partial charge in [-0.05, 0) is 163 Å². The molecule has 0 spiro atoms. The highest BCUT2D eigenvalue weighted by Gasteiger charge is 2.49. The van der Waals surface area contributed by atoms with Gasteiger partial charge in [-0.1, -0.05) is 346 Å². The molecular formula is C96H64N2. The van der Waals surface area contributed by atoms with E-state index in [1.54, 1.807) is 0 Å². The minimum Gasteiger partial charge on any atom is -0.309 e. The van der Waals surface area contributed by atoms with Gasteiger partial charge < -0.3 is 9.80 Å². The van der Waals surface area contributed by atoms with Gasteiger partial charge in [0.05, 0.1) is 33.6 Å². The average Bonchev–Trinajstić information content (AvgIpc) is 0.697. The van der Waals surface area contributed by atoms with Crippen LogP contribution in [0.4, 0.5) is 34.1 Å². The first-order valence-electron chi connectivity index (χ1n) is 34.1. The van der Waals surface area contributed by atoms with E-state index in [1.165, 1.54) is 99.1 Å². The molecular weight excluding hydrogens is 1180 g/mol. The Kier molecular flexibility index (Phi) is 13.4. The summed E-state index contributed by atoms with van der Waals surface area (Å²) in [4.78, 5) is 5.11. The van der Waals surface area contributed by atoms with Gasteiger partial charge >= 0.3 is 0 Å². The fourth-order valence-electron chi connectivity index (χ4n) is 17.4. The highest BCUT2D eigenvalue weighted by molar-refractivity contribution is 6.29. The van der Waals surface area contributed by atoms with Crippen molar-refractivity contribution in [1.29, 1.82) is 0 Å². The lowest BCUT2D eigenvalue weighted by atomic mass is 9.62. The number of hydrogen-bond donors (Lipinski definition) is 0. The molecule has 2 heteroatoms. The molecule has 0 amide bonds. The van der Waals surface area contributed by atoms with Crippen molar-refractivity contribution in [3.8, 4) is 44.5 Å². The Labute approximate surface area is 571 Å². The molecule has 0 radical (unpaired) electrons. The molecule has 0 atom stereocenters. The third kappa shape index (κ3) is 8.41. The SMILES string of the molecule is c1ccc(-c2c3ccccc3c(-c3c4cccc(-c5cccc6c5N(c5ccccc5)c5ccccc5C6(c5ccccc5)c5ccccc5)c4cc4c(-c5cccc6c5N(c5ccccc5)c5ccccc5C6(c5ccccc5)c5ccccc5)cccc34)c3ccccc23)cc1. The number of anilines is 6.